The maximum atomic E-state index is 10.0. The summed E-state index contributed by atoms with van der Waals surface area (Å²) in [6.07, 6.45) is 0. The molecule has 0 aliphatic heterocycles. The van der Waals surface area contributed by atoms with Crippen molar-refractivity contribution in [1.29, 1.82) is 0 Å². The van der Waals surface area contributed by atoms with E-state index in [1.807, 2.05) is 109 Å². The fourth-order valence-corrected chi connectivity index (χ4v) is 8.00. The summed E-state index contributed by atoms with van der Waals surface area (Å²) >= 11 is 0. The Morgan fingerprint density at radius 1 is 0.306 bits per heavy atom. The molecule has 0 aliphatic rings. The summed E-state index contributed by atoms with van der Waals surface area (Å²) in [5, 5.41) is -1.04. The predicted octanol–water partition coefficient (Wildman–Crippen LogP) is 14.4. The zero-order valence-electron chi connectivity index (χ0n) is 47.4. The molecule has 0 aliphatic carbocycles. The van der Waals surface area contributed by atoms with E-state index in [-0.39, 0.29) is 55.1 Å². The van der Waals surface area contributed by atoms with Crippen molar-refractivity contribution in [3.8, 4) is 67.8 Å². The van der Waals surface area contributed by atoms with Crippen LogP contribution in [0, 0.1) is 0 Å². The molecule has 0 radical (unpaired) electrons. The molecular formula is C57H37N5. The van der Waals surface area contributed by atoms with Gasteiger partial charge >= 0.3 is 0 Å². The van der Waals surface area contributed by atoms with Gasteiger partial charge in [0.15, 0.2) is 17.5 Å². The lowest BCUT2D eigenvalue weighted by atomic mass is 10.0. The van der Waals surface area contributed by atoms with Crippen LogP contribution in [0.4, 0.5) is 0 Å². The Hall–Kier alpha value is -8.41. The number of aromatic nitrogens is 5. The second-order valence-corrected chi connectivity index (χ2v) is 14.5. The van der Waals surface area contributed by atoms with Gasteiger partial charge in [0, 0.05) is 49.6 Å². The van der Waals surface area contributed by atoms with E-state index in [1.54, 1.807) is 24.3 Å². The Balaban J connectivity index is 1.14. The summed E-state index contributed by atoms with van der Waals surface area (Å²) < 4.78 is 139. The van der Waals surface area contributed by atoms with E-state index in [0.29, 0.717) is 28.3 Å². The highest BCUT2D eigenvalue weighted by Crippen LogP contribution is 2.38. The second kappa shape index (κ2) is 14.7. The quantitative estimate of drug-likeness (QED) is 0.161. The number of fused-ring (bicyclic) bond motifs is 6. The van der Waals surface area contributed by atoms with Crippen LogP contribution in [0.25, 0.3) is 111 Å². The summed E-state index contributed by atoms with van der Waals surface area (Å²) in [6, 6.07) is 32.3. The van der Waals surface area contributed by atoms with Crippen LogP contribution < -0.4 is 0 Å². The third-order valence-electron chi connectivity index (χ3n) is 10.9. The van der Waals surface area contributed by atoms with Crippen LogP contribution in [0.2, 0.25) is 0 Å². The van der Waals surface area contributed by atoms with Crippen molar-refractivity contribution in [2.24, 2.45) is 0 Å². The largest absolute Gasteiger partial charge is 0.309 e. The standard InChI is InChI=1S/C57H37N5/c1-3-16-38(17-4-1)40-20-13-22-42(34-40)55-58-56(43-23-14-21-41(35-43)39-18-5-2-6-19-39)60-57(59-55)44-24-15-25-45(36-44)61-53-31-12-9-28-49(53)50-37-46(32-33-54(50)61)62-51-29-10-7-26-47(51)48-27-8-11-30-52(48)62/h1-37H/i7D,8D,9D,10D,11D,12D,26D,27D,28D,29D,30D,31D,32D,33D,37D. The van der Waals surface area contributed by atoms with E-state index in [4.69, 9.17) is 28.7 Å². The molecular weight excluding hydrogens is 755 g/mol. The molecule has 5 heteroatoms. The summed E-state index contributed by atoms with van der Waals surface area (Å²) in [5.41, 5.74) is 4.26. The first-order valence-corrected chi connectivity index (χ1v) is 19.7. The first-order chi connectivity index (χ1) is 37.0. The van der Waals surface area contributed by atoms with E-state index < -0.39 is 96.3 Å². The molecule has 12 aromatic rings. The molecule has 0 amide bonds. The molecule has 0 fully saturated rings. The van der Waals surface area contributed by atoms with Gasteiger partial charge in [-0.25, -0.2) is 15.0 Å². The average Bonchev–Trinajstić information content (AvgIpc) is 4.12. The lowest BCUT2D eigenvalue weighted by molar-refractivity contribution is 1.07. The van der Waals surface area contributed by atoms with Gasteiger partial charge in [-0.3, -0.25) is 0 Å². The van der Waals surface area contributed by atoms with Crippen LogP contribution in [0.1, 0.15) is 20.6 Å². The lowest BCUT2D eigenvalue weighted by Gasteiger charge is -2.13. The molecule has 62 heavy (non-hydrogen) atoms. The first kappa shape index (κ1) is 23.4. The minimum Gasteiger partial charge on any atom is -0.309 e. The highest BCUT2D eigenvalue weighted by molar-refractivity contribution is 6.12. The van der Waals surface area contributed by atoms with E-state index in [2.05, 4.69) is 0 Å². The van der Waals surface area contributed by atoms with Crippen molar-refractivity contribution in [3.63, 3.8) is 0 Å². The van der Waals surface area contributed by atoms with E-state index in [9.17, 15) is 6.85 Å². The van der Waals surface area contributed by atoms with Gasteiger partial charge in [-0.1, -0.05) is 164 Å². The number of hydrogen-bond acceptors (Lipinski definition) is 3. The summed E-state index contributed by atoms with van der Waals surface area (Å²) in [6.45, 7) is 0. The number of rotatable bonds is 7. The van der Waals surface area contributed by atoms with Gasteiger partial charge in [0.05, 0.1) is 42.6 Å². The van der Waals surface area contributed by atoms with Crippen LogP contribution in [0.15, 0.2) is 224 Å². The van der Waals surface area contributed by atoms with E-state index in [1.165, 1.54) is 4.57 Å². The molecule has 12 rings (SSSR count). The van der Waals surface area contributed by atoms with Gasteiger partial charge < -0.3 is 9.13 Å². The van der Waals surface area contributed by atoms with Crippen molar-refractivity contribution in [1.82, 2.24) is 24.1 Å². The summed E-state index contributed by atoms with van der Waals surface area (Å²) in [4.78, 5) is 15.1. The zero-order valence-corrected chi connectivity index (χ0v) is 32.4. The monoisotopic (exact) mass is 806 g/mol. The molecule has 5 nitrogen and oxygen atoms in total. The van der Waals surface area contributed by atoms with Crippen LogP contribution in [-0.4, -0.2) is 24.1 Å². The Kier molecular flexibility index (Phi) is 5.55. The molecule has 0 N–H and O–H groups in total. The van der Waals surface area contributed by atoms with Gasteiger partial charge in [-0.2, -0.15) is 0 Å². The number of nitrogens with zero attached hydrogens (tertiary/aromatic N) is 5. The van der Waals surface area contributed by atoms with Crippen molar-refractivity contribution in [2.45, 2.75) is 0 Å². The van der Waals surface area contributed by atoms with E-state index in [0.717, 1.165) is 26.8 Å². The predicted molar refractivity (Wildman–Crippen MR) is 256 cm³/mol. The number of benzene rings is 9. The van der Waals surface area contributed by atoms with Crippen LogP contribution in [-0.2, 0) is 0 Å². The molecule has 0 bridgehead atoms. The van der Waals surface area contributed by atoms with Crippen LogP contribution >= 0.6 is 0 Å². The third-order valence-corrected chi connectivity index (χ3v) is 10.9. The van der Waals surface area contributed by atoms with Gasteiger partial charge in [0.1, 0.15) is 0 Å². The van der Waals surface area contributed by atoms with Gasteiger partial charge in [0.2, 0.25) is 0 Å². The van der Waals surface area contributed by atoms with Crippen molar-refractivity contribution < 1.29 is 20.6 Å². The molecule has 0 atom stereocenters. The Morgan fingerprint density at radius 3 is 1.21 bits per heavy atom. The van der Waals surface area contributed by atoms with Gasteiger partial charge in [-0.05, 0) is 82.8 Å². The van der Waals surface area contributed by atoms with Crippen LogP contribution in [0.3, 0.4) is 0 Å². The zero-order chi connectivity index (χ0) is 54.0. The fraction of sp³-hybridized carbons (Fsp3) is 0. The highest BCUT2D eigenvalue weighted by Gasteiger charge is 2.18. The van der Waals surface area contributed by atoms with E-state index >= 15 is 0 Å². The molecule has 9 aromatic carbocycles. The fourth-order valence-electron chi connectivity index (χ4n) is 8.00. The maximum Gasteiger partial charge on any atom is 0.164 e. The van der Waals surface area contributed by atoms with Gasteiger partial charge in [0.25, 0.3) is 0 Å². The molecule has 0 saturated heterocycles. The molecule has 3 aromatic heterocycles. The average molecular weight is 807 g/mol. The molecule has 3 heterocycles. The Bertz CT molecular complexity index is 4340. The highest BCUT2D eigenvalue weighted by atomic mass is 15.0. The molecule has 0 unspecified atom stereocenters. The SMILES string of the molecule is [2H]c1c([2H])c([2H])c2c(c1[2H])c1c([2H])c(-n3c4c([2H])c([2H])c([2H])c([2H])c4c4c([2H])c([2H])c([2H])c([2H])c43)c([2H])c([2H])c1n2-c1cccc(-c2nc(-c3cccc(-c4ccccc4)c3)nc(-c3cccc(-c4ccccc4)c3)n2)c1. The Labute approximate surface area is 379 Å². The first-order valence-electron chi connectivity index (χ1n) is 27.2. The number of para-hydroxylation sites is 3. The Morgan fingerprint density at radius 2 is 0.694 bits per heavy atom. The topological polar surface area (TPSA) is 48.5 Å². The van der Waals surface area contributed by atoms with Crippen molar-refractivity contribution in [3.05, 3.63) is 224 Å². The van der Waals surface area contributed by atoms with Crippen molar-refractivity contribution in [2.75, 3.05) is 0 Å². The molecule has 0 saturated carbocycles. The second-order valence-electron chi connectivity index (χ2n) is 14.5. The third kappa shape index (κ3) is 6.06. The maximum absolute atomic E-state index is 10.0. The van der Waals surface area contributed by atoms with Crippen LogP contribution in [0.5, 0.6) is 0 Å². The van der Waals surface area contributed by atoms with Gasteiger partial charge in [-0.15, -0.1) is 0 Å². The summed E-state index contributed by atoms with van der Waals surface area (Å²) in [7, 11) is 0. The lowest BCUT2D eigenvalue weighted by Crippen LogP contribution is -2.01. The molecule has 0 spiro atoms. The smallest absolute Gasteiger partial charge is 0.164 e. The summed E-state index contributed by atoms with van der Waals surface area (Å²) in [5.74, 6) is 0.923. The minimum absolute atomic E-state index is 0.153. The van der Waals surface area contributed by atoms with Crippen molar-refractivity contribution >= 4 is 43.6 Å². The minimum atomic E-state index is -0.725. The number of hydrogen-bond donors (Lipinski definition) is 0. The molecule has 290 valence electrons. The normalized spacial score (nSPS) is 14.9.